The molecule has 0 saturated carbocycles. The van der Waals surface area contributed by atoms with Gasteiger partial charge in [0.15, 0.2) is 5.96 Å². The molecule has 1 aliphatic rings. The molecule has 2 unspecified atom stereocenters. The van der Waals surface area contributed by atoms with E-state index in [2.05, 4.69) is 56.9 Å². The van der Waals surface area contributed by atoms with E-state index in [1.165, 1.54) is 5.56 Å². The van der Waals surface area contributed by atoms with Crippen molar-refractivity contribution < 1.29 is 4.74 Å². The Morgan fingerprint density at radius 2 is 2.11 bits per heavy atom. The van der Waals surface area contributed by atoms with Gasteiger partial charge in [0, 0.05) is 32.5 Å². The molecule has 1 saturated heterocycles. The summed E-state index contributed by atoms with van der Waals surface area (Å²) in [5.41, 5.74) is 1.24. The number of imidazole rings is 1. The fourth-order valence-corrected chi connectivity index (χ4v) is 3.39. The molecule has 0 radical (unpaired) electrons. The van der Waals surface area contributed by atoms with Crippen molar-refractivity contribution in [1.29, 1.82) is 0 Å². The van der Waals surface area contributed by atoms with Crippen molar-refractivity contribution in [3.05, 3.63) is 48.5 Å². The maximum Gasteiger partial charge on any atom is 0.193 e. The lowest BCUT2D eigenvalue weighted by Gasteiger charge is -2.39. The van der Waals surface area contributed by atoms with Gasteiger partial charge in [0.25, 0.3) is 0 Å². The normalized spacial score (nSPS) is 20.1. The first-order chi connectivity index (χ1) is 12.7. The molecule has 148 valence electrons. The largest absolute Gasteiger partial charge is 0.492 e. The zero-order chi connectivity index (χ0) is 18.4. The lowest BCUT2D eigenvalue weighted by Crippen LogP contribution is -2.49. The van der Waals surface area contributed by atoms with Gasteiger partial charge in [-0.1, -0.05) is 24.6 Å². The molecule has 2 heterocycles. The van der Waals surface area contributed by atoms with Gasteiger partial charge in [-0.3, -0.25) is 4.99 Å². The number of aromatic nitrogens is 2. The second kappa shape index (κ2) is 10.5. The van der Waals surface area contributed by atoms with Crippen molar-refractivity contribution in [3.8, 4) is 5.75 Å². The Kier molecular flexibility index (Phi) is 8.40. The van der Waals surface area contributed by atoms with Crippen LogP contribution in [0, 0.1) is 12.8 Å². The third kappa shape index (κ3) is 5.85. The molecule has 6 nitrogen and oxygen atoms in total. The minimum atomic E-state index is 0. The van der Waals surface area contributed by atoms with Crippen LogP contribution in [0.3, 0.4) is 0 Å². The summed E-state index contributed by atoms with van der Waals surface area (Å²) in [6.45, 7) is 7.68. The highest BCUT2D eigenvalue weighted by Gasteiger charge is 2.28. The molecular weight excluding hydrogens is 453 g/mol. The Morgan fingerprint density at radius 3 is 2.78 bits per heavy atom. The molecule has 0 aliphatic carbocycles. The van der Waals surface area contributed by atoms with Crippen LogP contribution in [0.2, 0.25) is 0 Å². The van der Waals surface area contributed by atoms with Crippen molar-refractivity contribution in [1.82, 2.24) is 19.8 Å². The molecule has 2 aromatic rings. The van der Waals surface area contributed by atoms with Crippen LogP contribution in [0.25, 0.3) is 0 Å². The number of nitrogens with zero attached hydrogens (tertiary/aromatic N) is 4. The fraction of sp³-hybridized carbons (Fsp3) is 0.500. The number of piperidine rings is 1. The number of guanidine groups is 1. The minimum absolute atomic E-state index is 0. The molecule has 1 aromatic carbocycles. The highest BCUT2D eigenvalue weighted by molar-refractivity contribution is 14.0. The Hall–Kier alpha value is -1.77. The average Bonchev–Trinajstić information content (AvgIpc) is 3.18. The van der Waals surface area contributed by atoms with Crippen molar-refractivity contribution in [2.24, 2.45) is 10.9 Å². The number of hydrogen-bond acceptors (Lipinski definition) is 3. The van der Waals surface area contributed by atoms with E-state index in [0.29, 0.717) is 18.6 Å². The molecule has 0 amide bonds. The number of aryl methyl sites for hydroxylation is 1. The van der Waals surface area contributed by atoms with Crippen LogP contribution in [-0.4, -0.2) is 53.7 Å². The molecule has 0 spiro atoms. The molecule has 27 heavy (non-hydrogen) atoms. The molecule has 1 aromatic heterocycles. The molecule has 7 heteroatoms. The van der Waals surface area contributed by atoms with E-state index < -0.39 is 0 Å². The summed E-state index contributed by atoms with van der Waals surface area (Å²) < 4.78 is 8.00. The number of nitrogens with one attached hydrogen (secondary N) is 1. The fourth-order valence-electron chi connectivity index (χ4n) is 3.39. The van der Waals surface area contributed by atoms with E-state index in [1.807, 2.05) is 31.7 Å². The first-order valence-corrected chi connectivity index (χ1v) is 9.30. The summed E-state index contributed by atoms with van der Waals surface area (Å²) in [4.78, 5) is 11.0. The monoisotopic (exact) mass is 483 g/mol. The lowest BCUT2D eigenvalue weighted by molar-refractivity contribution is 0.188. The molecular formula is C20H30IN5O. The van der Waals surface area contributed by atoms with Crippen LogP contribution in [0.1, 0.15) is 24.9 Å². The third-order valence-electron chi connectivity index (χ3n) is 5.01. The second-order valence-corrected chi connectivity index (χ2v) is 6.92. The minimum Gasteiger partial charge on any atom is -0.492 e. The van der Waals surface area contributed by atoms with Crippen molar-refractivity contribution in [3.63, 3.8) is 0 Å². The number of rotatable bonds is 5. The lowest BCUT2D eigenvalue weighted by atomic mass is 9.93. The van der Waals surface area contributed by atoms with Crippen LogP contribution in [0.5, 0.6) is 5.75 Å². The van der Waals surface area contributed by atoms with Gasteiger partial charge in [-0.25, -0.2) is 4.98 Å². The summed E-state index contributed by atoms with van der Waals surface area (Å²) in [5, 5.41) is 3.43. The average molecular weight is 483 g/mol. The quantitative estimate of drug-likeness (QED) is 0.307. The van der Waals surface area contributed by atoms with E-state index in [9.17, 15) is 0 Å². The number of hydrogen-bond donors (Lipinski definition) is 1. The van der Waals surface area contributed by atoms with Crippen molar-refractivity contribution in [2.45, 2.75) is 26.3 Å². The number of likely N-dealkylation sites (tertiary alicyclic amines) is 1. The summed E-state index contributed by atoms with van der Waals surface area (Å²) >= 11 is 0. The molecule has 2 atom stereocenters. The number of aliphatic imine (C=N–C) groups is 1. The van der Waals surface area contributed by atoms with Gasteiger partial charge in [0.05, 0.1) is 18.9 Å². The summed E-state index contributed by atoms with van der Waals surface area (Å²) in [5.74, 6) is 2.47. The van der Waals surface area contributed by atoms with Crippen LogP contribution in [0.15, 0.2) is 48.0 Å². The summed E-state index contributed by atoms with van der Waals surface area (Å²) in [6, 6.07) is 8.56. The van der Waals surface area contributed by atoms with E-state index in [0.717, 1.165) is 37.8 Å². The topological polar surface area (TPSA) is 54.7 Å². The van der Waals surface area contributed by atoms with Crippen LogP contribution < -0.4 is 10.1 Å². The Labute approximate surface area is 179 Å². The predicted molar refractivity (Wildman–Crippen MR) is 120 cm³/mol. The van der Waals surface area contributed by atoms with Gasteiger partial charge < -0.3 is 19.5 Å². The molecule has 0 bridgehead atoms. The van der Waals surface area contributed by atoms with Gasteiger partial charge in [-0.05, 0) is 31.4 Å². The SMILES string of the molecule is CN=C(NCCOc1ccc(C)cc1)N1CCC(C)C(n2ccnc2)C1.I. The van der Waals surface area contributed by atoms with Crippen LogP contribution in [0.4, 0.5) is 0 Å². The first kappa shape index (κ1) is 21.5. The van der Waals surface area contributed by atoms with Crippen LogP contribution >= 0.6 is 24.0 Å². The maximum absolute atomic E-state index is 5.79. The van der Waals surface area contributed by atoms with Gasteiger partial charge >= 0.3 is 0 Å². The zero-order valence-corrected chi connectivity index (χ0v) is 18.7. The standard InChI is InChI=1S/C20H29N5O.HI/c1-16-4-6-18(7-5-16)26-13-10-23-20(21-3)24-11-8-17(2)19(14-24)25-12-9-22-15-25;/h4-7,9,12,15,17,19H,8,10-11,13-14H2,1-3H3,(H,21,23);1H. The highest BCUT2D eigenvalue weighted by Crippen LogP contribution is 2.27. The smallest absolute Gasteiger partial charge is 0.193 e. The summed E-state index contributed by atoms with van der Waals surface area (Å²) in [6.07, 6.45) is 6.96. The third-order valence-corrected chi connectivity index (χ3v) is 5.01. The van der Waals surface area contributed by atoms with Gasteiger partial charge in [0.2, 0.25) is 0 Å². The summed E-state index contributed by atoms with van der Waals surface area (Å²) in [7, 11) is 1.84. The zero-order valence-electron chi connectivity index (χ0n) is 16.3. The van der Waals surface area contributed by atoms with Gasteiger partial charge in [-0.2, -0.15) is 0 Å². The van der Waals surface area contributed by atoms with Gasteiger partial charge in [-0.15, -0.1) is 24.0 Å². The van der Waals surface area contributed by atoms with E-state index in [1.54, 1.807) is 0 Å². The Bertz CT molecular complexity index is 702. The number of ether oxygens (including phenoxy) is 1. The molecule has 1 N–H and O–H groups in total. The molecule has 3 rings (SSSR count). The van der Waals surface area contributed by atoms with E-state index in [4.69, 9.17) is 4.74 Å². The maximum atomic E-state index is 5.79. The highest BCUT2D eigenvalue weighted by atomic mass is 127. The van der Waals surface area contributed by atoms with Crippen LogP contribution in [-0.2, 0) is 0 Å². The second-order valence-electron chi connectivity index (χ2n) is 6.92. The molecule has 1 fully saturated rings. The van der Waals surface area contributed by atoms with Gasteiger partial charge in [0.1, 0.15) is 12.4 Å². The predicted octanol–water partition coefficient (Wildman–Crippen LogP) is 3.35. The molecule has 1 aliphatic heterocycles. The Balaban J connectivity index is 0.00000261. The van der Waals surface area contributed by atoms with E-state index in [-0.39, 0.29) is 24.0 Å². The first-order valence-electron chi connectivity index (χ1n) is 9.30. The number of benzene rings is 1. The van der Waals surface area contributed by atoms with E-state index >= 15 is 0 Å². The Morgan fingerprint density at radius 1 is 1.33 bits per heavy atom. The van der Waals surface area contributed by atoms with Crippen molar-refractivity contribution >= 4 is 29.9 Å². The number of halogens is 1. The van der Waals surface area contributed by atoms with Crippen molar-refractivity contribution in [2.75, 3.05) is 33.3 Å².